The van der Waals surface area contributed by atoms with Gasteiger partial charge in [0.2, 0.25) is 0 Å². The zero-order chi connectivity index (χ0) is 5.98. The molecule has 1 fully saturated rings. The number of halogens is 1. The van der Waals surface area contributed by atoms with Gasteiger partial charge >= 0.3 is 0 Å². The minimum atomic E-state index is 0.481. The number of ether oxygens (including phenoxy) is 1. The maximum Gasteiger partial charge on any atom is 0.0583 e. The number of alkyl halides is 1. The second kappa shape index (κ2) is 2.83. The smallest absolute Gasteiger partial charge is 0.0583 e. The van der Waals surface area contributed by atoms with Crippen molar-refractivity contribution in [2.24, 2.45) is 5.92 Å². The van der Waals surface area contributed by atoms with Gasteiger partial charge in [0, 0.05) is 11.9 Å². The van der Waals surface area contributed by atoms with Crippen LogP contribution < -0.4 is 0 Å². The van der Waals surface area contributed by atoms with Crippen molar-refractivity contribution in [3.05, 3.63) is 0 Å². The van der Waals surface area contributed by atoms with Crippen LogP contribution in [0, 0.1) is 5.92 Å². The van der Waals surface area contributed by atoms with Crippen molar-refractivity contribution in [2.45, 2.75) is 19.4 Å². The Hall–Kier alpha value is 0.440. The van der Waals surface area contributed by atoms with Crippen LogP contribution in [0.4, 0.5) is 0 Å². The molecule has 1 heterocycles. The first-order valence-electron chi connectivity index (χ1n) is 3.02. The predicted octanol–water partition coefficient (Wildman–Crippen LogP) is 1.81. The normalized spacial score (nSPS) is 38.2. The first-order valence-corrected chi connectivity index (χ1v) is 4.14. The molecule has 0 aromatic rings. The fourth-order valence-corrected chi connectivity index (χ4v) is 1.83. The molecule has 0 radical (unpaired) electrons. The summed E-state index contributed by atoms with van der Waals surface area (Å²) in [6.45, 7) is 3.09. The van der Waals surface area contributed by atoms with Gasteiger partial charge in [-0.3, -0.25) is 0 Å². The van der Waals surface area contributed by atoms with Gasteiger partial charge in [0.05, 0.1) is 6.10 Å². The van der Waals surface area contributed by atoms with Crippen LogP contribution in [0.1, 0.15) is 13.3 Å². The van der Waals surface area contributed by atoms with Gasteiger partial charge in [-0.05, 0) is 19.3 Å². The predicted molar refractivity (Wildman–Crippen MR) is 37.3 cm³/mol. The van der Waals surface area contributed by atoms with Crippen molar-refractivity contribution in [2.75, 3.05) is 11.9 Å². The van der Waals surface area contributed by atoms with Crippen molar-refractivity contribution < 1.29 is 4.74 Å². The van der Waals surface area contributed by atoms with E-state index in [1.54, 1.807) is 0 Å². The van der Waals surface area contributed by atoms with Gasteiger partial charge in [-0.25, -0.2) is 0 Å². The highest BCUT2D eigenvalue weighted by Crippen LogP contribution is 2.21. The van der Waals surface area contributed by atoms with E-state index in [1.165, 1.54) is 6.42 Å². The van der Waals surface area contributed by atoms with Crippen molar-refractivity contribution in [1.82, 2.24) is 0 Å². The first kappa shape index (κ1) is 6.56. The largest absolute Gasteiger partial charge is 0.378 e. The molecule has 1 aliphatic heterocycles. The molecule has 1 nitrogen and oxygen atoms in total. The molecule has 1 aliphatic rings. The molecule has 8 heavy (non-hydrogen) atoms. The van der Waals surface area contributed by atoms with Gasteiger partial charge in [0.1, 0.15) is 0 Å². The molecule has 0 spiro atoms. The molecule has 0 saturated carbocycles. The second-order valence-corrected chi connectivity index (χ2v) is 2.93. The fraction of sp³-hybridized carbons (Fsp3) is 1.00. The number of hydrogen-bond donors (Lipinski definition) is 0. The highest BCUT2D eigenvalue weighted by Gasteiger charge is 2.22. The molecule has 0 N–H and O–H groups in total. The molecule has 0 aromatic heterocycles. The molecule has 0 aromatic carbocycles. The molecule has 0 aliphatic carbocycles. The monoisotopic (exact) mass is 178 g/mol. The molecule has 2 heteroatoms. The first-order chi connectivity index (χ1) is 3.84. The molecular formula is C6H11BrO. The molecular weight excluding hydrogens is 168 g/mol. The lowest BCUT2D eigenvalue weighted by molar-refractivity contribution is 0.110. The molecule has 48 valence electrons. The van der Waals surface area contributed by atoms with Crippen LogP contribution in [0.15, 0.2) is 0 Å². The summed E-state index contributed by atoms with van der Waals surface area (Å²) >= 11 is 3.44. The van der Waals surface area contributed by atoms with Crippen LogP contribution in [0.3, 0.4) is 0 Å². The van der Waals surface area contributed by atoms with E-state index >= 15 is 0 Å². The Kier molecular flexibility index (Phi) is 2.32. The second-order valence-electron chi connectivity index (χ2n) is 2.28. The third-order valence-corrected chi connectivity index (χ3v) is 2.56. The molecule has 1 saturated heterocycles. The van der Waals surface area contributed by atoms with Crippen molar-refractivity contribution >= 4 is 15.9 Å². The van der Waals surface area contributed by atoms with Gasteiger partial charge in [-0.2, -0.15) is 0 Å². The zero-order valence-electron chi connectivity index (χ0n) is 5.06. The molecule has 0 unspecified atom stereocenters. The SMILES string of the molecule is C[C@H]1OCC[C@H]1CBr. The maximum absolute atomic E-state index is 5.33. The number of hydrogen-bond acceptors (Lipinski definition) is 1. The third-order valence-electron chi connectivity index (χ3n) is 1.73. The highest BCUT2D eigenvalue weighted by molar-refractivity contribution is 9.09. The van der Waals surface area contributed by atoms with Crippen molar-refractivity contribution in [1.29, 1.82) is 0 Å². The highest BCUT2D eigenvalue weighted by atomic mass is 79.9. The Morgan fingerprint density at radius 1 is 1.75 bits per heavy atom. The van der Waals surface area contributed by atoms with Gasteiger partial charge in [-0.15, -0.1) is 0 Å². The Balaban J connectivity index is 2.30. The summed E-state index contributed by atoms with van der Waals surface area (Å²) < 4.78 is 5.33. The Bertz CT molecular complexity index is 74.9. The molecule has 1 rings (SSSR count). The Morgan fingerprint density at radius 3 is 2.75 bits per heavy atom. The van der Waals surface area contributed by atoms with Gasteiger partial charge < -0.3 is 4.74 Å². The average Bonchev–Trinajstić information content (AvgIpc) is 2.14. The van der Waals surface area contributed by atoms with Crippen molar-refractivity contribution in [3.8, 4) is 0 Å². The van der Waals surface area contributed by atoms with E-state index in [-0.39, 0.29) is 0 Å². The average molecular weight is 179 g/mol. The summed E-state index contributed by atoms with van der Waals surface area (Å²) in [5, 5.41) is 1.09. The topological polar surface area (TPSA) is 9.23 Å². The lowest BCUT2D eigenvalue weighted by Gasteiger charge is -2.08. The maximum atomic E-state index is 5.33. The van der Waals surface area contributed by atoms with Crippen LogP contribution in [0.2, 0.25) is 0 Å². The van der Waals surface area contributed by atoms with Crippen LogP contribution in [-0.4, -0.2) is 18.0 Å². The van der Waals surface area contributed by atoms with E-state index in [9.17, 15) is 0 Å². The van der Waals surface area contributed by atoms with E-state index in [1.807, 2.05) is 0 Å². The fourth-order valence-electron chi connectivity index (χ4n) is 0.979. The summed E-state index contributed by atoms with van der Waals surface area (Å²) in [5.74, 6) is 0.759. The van der Waals surface area contributed by atoms with E-state index in [2.05, 4.69) is 22.9 Å². The summed E-state index contributed by atoms with van der Waals surface area (Å²) in [7, 11) is 0. The minimum absolute atomic E-state index is 0.481. The minimum Gasteiger partial charge on any atom is -0.378 e. The zero-order valence-corrected chi connectivity index (χ0v) is 6.65. The van der Waals surface area contributed by atoms with E-state index < -0.39 is 0 Å². The summed E-state index contributed by atoms with van der Waals surface area (Å²) in [6.07, 6.45) is 1.71. The standard InChI is InChI=1S/C6H11BrO/c1-5-6(4-7)2-3-8-5/h5-6H,2-4H2,1H3/t5-,6+/m1/s1. The van der Waals surface area contributed by atoms with Crippen molar-refractivity contribution in [3.63, 3.8) is 0 Å². The van der Waals surface area contributed by atoms with Crippen LogP contribution in [-0.2, 0) is 4.74 Å². The summed E-state index contributed by atoms with van der Waals surface area (Å²) in [6, 6.07) is 0. The number of rotatable bonds is 1. The van der Waals surface area contributed by atoms with E-state index in [0.29, 0.717) is 6.10 Å². The third kappa shape index (κ3) is 1.23. The quantitative estimate of drug-likeness (QED) is 0.557. The Morgan fingerprint density at radius 2 is 2.50 bits per heavy atom. The lowest BCUT2D eigenvalue weighted by Crippen LogP contribution is -2.11. The van der Waals surface area contributed by atoms with E-state index in [0.717, 1.165) is 17.9 Å². The van der Waals surface area contributed by atoms with Crippen LogP contribution in [0.25, 0.3) is 0 Å². The van der Waals surface area contributed by atoms with Gasteiger partial charge in [0.15, 0.2) is 0 Å². The molecule has 0 bridgehead atoms. The van der Waals surface area contributed by atoms with Gasteiger partial charge in [0.25, 0.3) is 0 Å². The lowest BCUT2D eigenvalue weighted by atomic mass is 10.1. The molecule has 0 amide bonds. The van der Waals surface area contributed by atoms with Gasteiger partial charge in [-0.1, -0.05) is 15.9 Å². The summed E-state index contributed by atoms with van der Waals surface area (Å²) in [4.78, 5) is 0. The molecule has 2 atom stereocenters. The summed E-state index contributed by atoms with van der Waals surface area (Å²) in [5.41, 5.74) is 0. The van der Waals surface area contributed by atoms with E-state index in [4.69, 9.17) is 4.74 Å². The Labute approximate surface area is 58.5 Å². The van der Waals surface area contributed by atoms with Crippen LogP contribution >= 0.6 is 15.9 Å². The van der Waals surface area contributed by atoms with Crippen LogP contribution in [0.5, 0.6) is 0 Å².